The molecule has 0 fully saturated rings. The molecule has 0 aliphatic carbocycles. The highest BCUT2D eigenvalue weighted by Gasteiger charge is 2.32. The highest BCUT2D eigenvalue weighted by Crippen LogP contribution is 2.28. The second-order valence-electron chi connectivity index (χ2n) is 8.88. The van der Waals surface area contributed by atoms with Gasteiger partial charge in [0.25, 0.3) is 0 Å². The van der Waals surface area contributed by atoms with E-state index in [0.29, 0.717) is 19.4 Å². The molecular weight excluding hydrogens is 464 g/mol. The molecule has 0 bridgehead atoms. The predicted molar refractivity (Wildman–Crippen MR) is 132 cm³/mol. The minimum absolute atomic E-state index is 0.158. The minimum Gasteiger partial charge on any atom is -0.344 e. The van der Waals surface area contributed by atoms with E-state index >= 15 is 0 Å². The Bertz CT molecular complexity index is 1250. The standard InChI is InChI=1S/C28H27F2N3O3/c1-18(31-26(34)15-20-13-22(29)16-23(30)14-20)27(35)32-24-12-11-21-9-5-6-10-25(21)33(28(24)36)17-19-7-3-2-4-8-19/h2-10,13-14,16,18,24H,11-12,15,17H2,1H3,(H,31,34)(H,32,35)/t18-,24?/m0/s1. The van der Waals surface area contributed by atoms with E-state index in [1.807, 2.05) is 54.6 Å². The molecule has 36 heavy (non-hydrogen) atoms. The molecule has 1 aliphatic heterocycles. The Labute approximate surface area is 208 Å². The van der Waals surface area contributed by atoms with Crippen molar-refractivity contribution in [3.63, 3.8) is 0 Å². The molecule has 0 spiro atoms. The Hall–Kier alpha value is -4.07. The predicted octanol–water partition coefficient (Wildman–Crippen LogP) is 3.68. The number of carbonyl (C=O) groups is 3. The lowest BCUT2D eigenvalue weighted by Crippen LogP contribution is -2.53. The summed E-state index contributed by atoms with van der Waals surface area (Å²) in [5.74, 6) is -2.87. The number of benzene rings is 3. The second kappa shape index (κ2) is 11.1. The molecule has 3 aromatic carbocycles. The smallest absolute Gasteiger partial charge is 0.249 e. The van der Waals surface area contributed by atoms with Gasteiger partial charge >= 0.3 is 0 Å². The summed E-state index contributed by atoms with van der Waals surface area (Å²) in [5, 5.41) is 5.32. The second-order valence-corrected chi connectivity index (χ2v) is 8.88. The van der Waals surface area contributed by atoms with Crippen LogP contribution in [-0.2, 0) is 33.8 Å². The molecule has 4 rings (SSSR count). The van der Waals surface area contributed by atoms with Crippen LogP contribution in [0.2, 0.25) is 0 Å². The summed E-state index contributed by atoms with van der Waals surface area (Å²) < 4.78 is 26.8. The van der Waals surface area contributed by atoms with Crippen molar-refractivity contribution in [3.8, 4) is 0 Å². The average Bonchev–Trinajstić information content (AvgIpc) is 2.96. The number of halogens is 2. The molecule has 186 valence electrons. The molecule has 2 N–H and O–H groups in total. The zero-order chi connectivity index (χ0) is 25.7. The van der Waals surface area contributed by atoms with Gasteiger partial charge in [0.15, 0.2) is 0 Å². The molecule has 8 heteroatoms. The van der Waals surface area contributed by atoms with Gasteiger partial charge in [0.2, 0.25) is 17.7 Å². The number of nitrogens with zero attached hydrogens (tertiary/aromatic N) is 1. The van der Waals surface area contributed by atoms with Gasteiger partial charge in [0.05, 0.1) is 13.0 Å². The van der Waals surface area contributed by atoms with Crippen LogP contribution in [0.15, 0.2) is 72.8 Å². The summed E-state index contributed by atoms with van der Waals surface area (Å²) >= 11 is 0. The number of fused-ring (bicyclic) bond motifs is 1. The molecule has 3 aromatic rings. The van der Waals surface area contributed by atoms with E-state index in [1.165, 1.54) is 6.92 Å². The topological polar surface area (TPSA) is 78.5 Å². The van der Waals surface area contributed by atoms with Crippen LogP contribution >= 0.6 is 0 Å². The van der Waals surface area contributed by atoms with Gasteiger partial charge in [-0.05, 0) is 54.7 Å². The Balaban J connectivity index is 1.43. The summed E-state index contributed by atoms with van der Waals surface area (Å²) in [6.45, 7) is 1.86. The number of aryl methyl sites for hydroxylation is 1. The lowest BCUT2D eigenvalue weighted by atomic mass is 10.1. The Morgan fingerprint density at radius 1 is 0.972 bits per heavy atom. The quantitative estimate of drug-likeness (QED) is 0.529. The van der Waals surface area contributed by atoms with Gasteiger partial charge in [-0.25, -0.2) is 8.78 Å². The number of amides is 3. The molecular formula is C28H27F2N3O3. The third-order valence-electron chi connectivity index (χ3n) is 6.11. The third-order valence-corrected chi connectivity index (χ3v) is 6.11. The Kier molecular flexibility index (Phi) is 7.73. The molecule has 3 amide bonds. The number of hydrogen-bond donors (Lipinski definition) is 2. The van der Waals surface area contributed by atoms with Crippen LogP contribution in [0.1, 0.15) is 30.0 Å². The summed E-state index contributed by atoms with van der Waals surface area (Å²) in [7, 11) is 0. The SMILES string of the molecule is C[C@H](NC(=O)Cc1cc(F)cc(F)c1)C(=O)NC1CCc2ccccc2N(Cc2ccccc2)C1=O. The molecule has 0 aromatic heterocycles. The maximum Gasteiger partial charge on any atom is 0.249 e. The lowest BCUT2D eigenvalue weighted by molar-refractivity contribution is -0.131. The lowest BCUT2D eigenvalue weighted by Gasteiger charge is -2.27. The average molecular weight is 492 g/mol. The van der Waals surface area contributed by atoms with E-state index in [2.05, 4.69) is 10.6 Å². The zero-order valence-electron chi connectivity index (χ0n) is 19.8. The van der Waals surface area contributed by atoms with Gasteiger partial charge in [-0.1, -0.05) is 48.5 Å². The highest BCUT2D eigenvalue weighted by molar-refractivity contribution is 6.01. The first kappa shape index (κ1) is 25.0. The molecule has 0 saturated heterocycles. The van der Waals surface area contributed by atoms with Crippen molar-refractivity contribution < 1.29 is 23.2 Å². The normalized spacial score (nSPS) is 16.0. The number of rotatable bonds is 7. The van der Waals surface area contributed by atoms with E-state index in [9.17, 15) is 23.2 Å². The van der Waals surface area contributed by atoms with E-state index in [4.69, 9.17) is 0 Å². The molecule has 0 saturated carbocycles. The maximum absolute atomic E-state index is 13.6. The fourth-order valence-electron chi connectivity index (χ4n) is 4.33. The van der Waals surface area contributed by atoms with Crippen molar-refractivity contribution in [1.82, 2.24) is 10.6 Å². The van der Waals surface area contributed by atoms with E-state index in [-0.39, 0.29) is 17.9 Å². The Morgan fingerprint density at radius 2 is 1.64 bits per heavy atom. The van der Waals surface area contributed by atoms with Crippen LogP contribution in [0.25, 0.3) is 0 Å². The zero-order valence-corrected chi connectivity index (χ0v) is 19.8. The van der Waals surface area contributed by atoms with Gasteiger partial charge in [0.1, 0.15) is 23.7 Å². The van der Waals surface area contributed by atoms with Crippen LogP contribution in [0.4, 0.5) is 14.5 Å². The first-order chi connectivity index (χ1) is 17.3. The van der Waals surface area contributed by atoms with Crippen LogP contribution in [0.5, 0.6) is 0 Å². The fourth-order valence-corrected chi connectivity index (χ4v) is 4.33. The van der Waals surface area contributed by atoms with Crippen LogP contribution < -0.4 is 15.5 Å². The first-order valence-corrected chi connectivity index (χ1v) is 11.8. The first-order valence-electron chi connectivity index (χ1n) is 11.8. The number of para-hydroxylation sites is 1. The van der Waals surface area contributed by atoms with Crippen molar-refractivity contribution in [3.05, 3.63) is 101 Å². The van der Waals surface area contributed by atoms with Gasteiger partial charge < -0.3 is 15.5 Å². The van der Waals surface area contributed by atoms with E-state index in [0.717, 1.165) is 35.0 Å². The van der Waals surface area contributed by atoms with Crippen molar-refractivity contribution in [2.45, 2.75) is 44.8 Å². The van der Waals surface area contributed by atoms with Crippen molar-refractivity contribution in [1.29, 1.82) is 0 Å². The van der Waals surface area contributed by atoms with Gasteiger partial charge in [-0.15, -0.1) is 0 Å². The number of nitrogens with one attached hydrogen (secondary N) is 2. The molecule has 6 nitrogen and oxygen atoms in total. The van der Waals surface area contributed by atoms with Crippen molar-refractivity contribution in [2.24, 2.45) is 0 Å². The number of anilines is 1. The number of carbonyl (C=O) groups excluding carboxylic acids is 3. The summed E-state index contributed by atoms with van der Waals surface area (Å²) in [6.07, 6.45) is 0.731. The maximum atomic E-state index is 13.6. The molecule has 2 atom stereocenters. The van der Waals surface area contributed by atoms with Gasteiger partial charge in [-0.3, -0.25) is 14.4 Å². The Morgan fingerprint density at radius 3 is 2.36 bits per heavy atom. The van der Waals surface area contributed by atoms with Crippen LogP contribution in [0.3, 0.4) is 0 Å². The number of hydrogen-bond acceptors (Lipinski definition) is 3. The molecule has 1 heterocycles. The van der Waals surface area contributed by atoms with E-state index < -0.39 is 35.5 Å². The third kappa shape index (κ3) is 6.13. The molecule has 1 unspecified atom stereocenters. The van der Waals surface area contributed by atoms with Gasteiger partial charge in [-0.2, -0.15) is 0 Å². The van der Waals surface area contributed by atoms with Crippen molar-refractivity contribution in [2.75, 3.05) is 4.90 Å². The highest BCUT2D eigenvalue weighted by atomic mass is 19.1. The van der Waals surface area contributed by atoms with Crippen LogP contribution in [-0.4, -0.2) is 29.8 Å². The van der Waals surface area contributed by atoms with E-state index in [1.54, 1.807) is 4.90 Å². The summed E-state index contributed by atoms with van der Waals surface area (Å²) in [6, 6.07) is 18.4. The molecule has 1 aliphatic rings. The minimum atomic E-state index is -0.947. The van der Waals surface area contributed by atoms with Crippen LogP contribution in [0, 0.1) is 11.6 Å². The largest absolute Gasteiger partial charge is 0.344 e. The van der Waals surface area contributed by atoms with Crippen molar-refractivity contribution >= 4 is 23.4 Å². The summed E-state index contributed by atoms with van der Waals surface area (Å²) in [5.41, 5.74) is 2.95. The van der Waals surface area contributed by atoms with Gasteiger partial charge in [0, 0.05) is 11.8 Å². The molecule has 0 radical (unpaired) electrons. The summed E-state index contributed by atoms with van der Waals surface area (Å²) in [4.78, 5) is 40.5. The fraction of sp³-hybridized carbons (Fsp3) is 0.250. The monoisotopic (exact) mass is 491 g/mol.